The zero-order valence-corrected chi connectivity index (χ0v) is 26.3. The summed E-state index contributed by atoms with van der Waals surface area (Å²) in [6, 6.07) is 4.70. The Morgan fingerprint density at radius 2 is 1.30 bits per heavy atom. The van der Waals surface area contributed by atoms with Crippen LogP contribution in [0.4, 0.5) is 0 Å². The molecule has 4 aliphatic carbocycles. The third kappa shape index (κ3) is 7.64. The highest BCUT2D eigenvalue weighted by Crippen LogP contribution is 2.51. The number of rotatable bonds is 7. The summed E-state index contributed by atoms with van der Waals surface area (Å²) in [7, 11) is 0. The molecule has 0 spiro atoms. The molecular formula is C34H50N2O2S2. The van der Waals surface area contributed by atoms with Crippen LogP contribution < -0.4 is 0 Å². The molecule has 1 atom stereocenters. The van der Waals surface area contributed by atoms with Gasteiger partial charge >= 0.3 is 5.97 Å². The lowest BCUT2D eigenvalue weighted by atomic mass is 9.69. The van der Waals surface area contributed by atoms with Gasteiger partial charge in [-0.25, -0.2) is 4.79 Å². The van der Waals surface area contributed by atoms with E-state index in [0.29, 0.717) is 17.1 Å². The molecule has 1 heterocycles. The third-order valence-electron chi connectivity index (χ3n) is 11.4. The van der Waals surface area contributed by atoms with Gasteiger partial charge in [0, 0.05) is 16.9 Å². The number of hydrogen-bond donors (Lipinski definition) is 0. The van der Waals surface area contributed by atoms with Gasteiger partial charge in [0.15, 0.2) is 5.57 Å². The smallest absolute Gasteiger partial charge is 0.350 e. The van der Waals surface area contributed by atoms with Crippen LogP contribution in [0.25, 0.3) is 0 Å². The van der Waals surface area contributed by atoms with Gasteiger partial charge in [-0.05, 0) is 125 Å². The number of carbonyl (C=O) groups is 1. The predicted molar refractivity (Wildman–Crippen MR) is 165 cm³/mol. The summed E-state index contributed by atoms with van der Waals surface area (Å²) < 4.78 is 6.86. The maximum atomic E-state index is 13.1. The highest BCUT2D eigenvalue weighted by atomic mass is 32.2. The number of nitriles is 2. The van der Waals surface area contributed by atoms with E-state index >= 15 is 0 Å². The van der Waals surface area contributed by atoms with Crippen molar-refractivity contribution in [2.45, 2.75) is 134 Å². The number of thioether (sulfide) groups is 2. The summed E-state index contributed by atoms with van der Waals surface area (Å²) in [5, 5.41) is 19.6. The van der Waals surface area contributed by atoms with Gasteiger partial charge < -0.3 is 4.74 Å². The van der Waals surface area contributed by atoms with Crippen molar-refractivity contribution in [2.24, 2.45) is 41.4 Å². The van der Waals surface area contributed by atoms with Crippen LogP contribution >= 0.6 is 23.5 Å². The van der Waals surface area contributed by atoms with Crippen molar-refractivity contribution in [1.82, 2.24) is 0 Å². The zero-order valence-electron chi connectivity index (χ0n) is 24.7. The van der Waals surface area contributed by atoms with Crippen molar-refractivity contribution in [3.8, 4) is 12.1 Å². The zero-order chi connectivity index (χ0) is 27.9. The van der Waals surface area contributed by atoms with Gasteiger partial charge in [0.05, 0.1) is 10.3 Å². The first kappa shape index (κ1) is 30.4. The van der Waals surface area contributed by atoms with Gasteiger partial charge in [-0.15, -0.1) is 23.5 Å². The van der Waals surface area contributed by atoms with Crippen LogP contribution in [-0.2, 0) is 9.53 Å². The number of hydrogen-bond acceptors (Lipinski definition) is 6. The Bertz CT molecular complexity index is 951. The van der Waals surface area contributed by atoms with E-state index < -0.39 is 0 Å². The first-order chi connectivity index (χ1) is 19.6. The summed E-state index contributed by atoms with van der Waals surface area (Å²) in [5.41, 5.74) is 0.261. The quantitative estimate of drug-likeness (QED) is 0.169. The second-order valence-corrected chi connectivity index (χ2v) is 16.2. The van der Waals surface area contributed by atoms with Crippen molar-refractivity contribution >= 4 is 29.5 Å². The van der Waals surface area contributed by atoms with Crippen molar-refractivity contribution in [1.29, 1.82) is 10.5 Å². The Hall–Kier alpha value is -1.11. The molecule has 40 heavy (non-hydrogen) atoms. The molecular weight excluding hydrogens is 533 g/mol. The molecule has 0 amide bonds. The molecule has 0 aromatic carbocycles. The second-order valence-electron chi connectivity index (χ2n) is 13.7. The third-order valence-corrected chi connectivity index (χ3v) is 14.5. The molecule has 0 aromatic rings. The fraction of sp³-hybridized carbons (Fsp3) is 0.853. The summed E-state index contributed by atoms with van der Waals surface area (Å²) in [6.07, 6.45) is 22.4. The maximum Gasteiger partial charge on any atom is 0.350 e. The average Bonchev–Trinajstić information content (AvgIpc) is 3.48. The summed E-state index contributed by atoms with van der Waals surface area (Å²) in [5.74, 6) is 5.89. The van der Waals surface area contributed by atoms with Crippen LogP contribution in [0, 0.1) is 64.1 Å². The molecule has 5 aliphatic rings. The van der Waals surface area contributed by atoms with Crippen LogP contribution in [0.15, 0.2) is 9.81 Å². The first-order valence-corrected chi connectivity index (χ1v) is 18.5. The Morgan fingerprint density at radius 1 is 0.775 bits per heavy atom. The highest BCUT2D eigenvalue weighted by Gasteiger charge is 2.38. The molecule has 1 saturated heterocycles. The topological polar surface area (TPSA) is 73.9 Å². The minimum absolute atomic E-state index is 0.0187. The van der Waals surface area contributed by atoms with E-state index in [9.17, 15) is 15.3 Å². The maximum absolute atomic E-state index is 13.1. The van der Waals surface area contributed by atoms with E-state index in [2.05, 4.69) is 19.1 Å². The van der Waals surface area contributed by atoms with E-state index in [-0.39, 0.29) is 17.6 Å². The van der Waals surface area contributed by atoms with Gasteiger partial charge in [0.2, 0.25) is 0 Å². The number of esters is 1. The lowest BCUT2D eigenvalue weighted by Gasteiger charge is -2.38. The minimum Gasteiger partial charge on any atom is -0.458 e. The Labute approximate surface area is 251 Å². The molecule has 5 fully saturated rings. The monoisotopic (exact) mass is 582 g/mol. The normalized spacial score (nSPS) is 40.0. The molecule has 1 aliphatic heterocycles. The van der Waals surface area contributed by atoms with Crippen molar-refractivity contribution in [2.75, 3.05) is 5.75 Å². The molecule has 6 heteroatoms. The summed E-state index contributed by atoms with van der Waals surface area (Å²) >= 11 is 3.50. The van der Waals surface area contributed by atoms with Gasteiger partial charge in [0.1, 0.15) is 12.2 Å². The molecule has 1 unspecified atom stereocenters. The van der Waals surface area contributed by atoms with Crippen LogP contribution in [-0.4, -0.2) is 23.1 Å². The lowest BCUT2D eigenvalue weighted by Crippen LogP contribution is -2.30. The van der Waals surface area contributed by atoms with Crippen molar-refractivity contribution in [3.63, 3.8) is 0 Å². The standard InChI is InChI=1S/C34H50N2O2S2/c1-2-3-23-4-8-25(9-5-23)28-16-18-30(19-17-28)38-33(37)31(21-36)34-39-22-32(40-34)29-14-12-27(13-15-29)26-10-6-24(20-35)7-11-26/h23-30,32H,2-19,22H2,1H3/b34-31+. The summed E-state index contributed by atoms with van der Waals surface area (Å²) in [4.78, 5) is 13.1. The Balaban J connectivity index is 1.05. The highest BCUT2D eigenvalue weighted by molar-refractivity contribution is 8.25. The van der Waals surface area contributed by atoms with Gasteiger partial charge in [0.25, 0.3) is 0 Å². The average molecular weight is 583 g/mol. The molecule has 5 rings (SSSR count). The number of nitrogens with zero attached hydrogens (tertiary/aromatic N) is 2. The fourth-order valence-corrected chi connectivity index (χ4v) is 12.0. The van der Waals surface area contributed by atoms with E-state index in [1.807, 2.05) is 0 Å². The van der Waals surface area contributed by atoms with E-state index in [1.54, 1.807) is 23.5 Å². The summed E-state index contributed by atoms with van der Waals surface area (Å²) in [6.45, 7) is 2.31. The first-order valence-electron chi connectivity index (χ1n) is 16.6. The second kappa shape index (κ2) is 14.9. The van der Waals surface area contributed by atoms with Crippen molar-refractivity contribution in [3.05, 3.63) is 9.81 Å². The molecule has 4 nitrogen and oxygen atoms in total. The van der Waals surface area contributed by atoms with Gasteiger partial charge in [-0.3, -0.25) is 0 Å². The molecule has 0 aromatic heterocycles. The Morgan fingerprint density at radius 3 is 1.85 bits per heavy atom. The van der Waals surface area contributed by atoms with E-state index in [0.717, 1.165) is 65.3 Å². The fourth-order valence-electron chi connectivity index (χ4n) is 8.85. The molecule has 0 radical (unpaired) electrons. The number of carbonyl (C=O) groups excluding carboxylic acids is 1. The predicted octanol–water partition coefficient (Wildman–Crippen LogP) is 9.42. The SMILES string of the molecule is CCCC1CCC(C2CCC(OC(=O)/C(C#N)=C3\SCC(C4CCC(C5CCC(C#N)CC5)CC4)S3)CC2)CC1. The van der Waals surface area contributed by atoms with Crippen LogP contribution in [0.3, 0.4) is 0 Å². The van der Waals surface area contributed by atoms with E-state index in [1.165, 1.54) is 89.9 Å². The van der Waals surface area contributed by atoms with Crippen LogP contribution in [0.1, 0.15) is 122 Å². The van der Waals surface area contributed by atoms with Gasteiger partial charge in [-0.1, -0.05) is 32.6 Å². The van der Waals surface area contributed by atoms with Crippen molar-refractivity contribution < 1.29 is 9.53 Å². The van der Waals surface area contributed by atoms with Crippen LogP contribution in [0.2, 0.25) is 0 Å². The molecule has 0 bridgehead atoms. The van der Waals surface area contributed by atoms with Gasteiger partial charge in [-0.2, -0.15) is 10.5 Å². The minimum atomic E-state index is -0.377. The van der Waals surface area contributed by atoms with E-state index in [4.69, 9.17) is 4.74 Å². The largest absolute Gasteiger partial charge is 0.458 e. The number of ether oxygens (including phenoxy) is 1. The lowest BCUT2D eigenvalue weighted by molar-refractivity contribution is -0.145. The molecule has 0 N–H and O–H groups in total. The van der Waals surface area contributed by atoms with Crippen LogP contribution in [0.5, 0.6) is 0 Å². The molecule has 220 valence electrons. The Kier molecular flexibility index (Phi) is 11.3. The molecule has 4 saturated carbocycles.